The molecule has 0 radical (unpaired) electrons. The summed E-state index contributed by atoms with van der Waals surface area (Å²) in [4.78, 5) is 12.5. The van der Waals surface area contributed by atoms with Gasteiger partial charge in [-0.05, 0) is 24.3 Å². The zero-order valence-corrected chi connectivity index (χ0v) is 15.9. The first-order chi connectivity index (χ1) is 14.6. The number of para-hydroxylation sites is 4. The van der Waals surface area contributed by atoms with Crippen molar-refractivity contribution in [2.24, 2.45) is 0 Å². The maximum Gasteiger partial charge on any atom is 0.519 e. The molecule has 4 aromatic rings. The first-order valence-electron chi connectivity index (χ1n) is 9.28. The van der Waals surface area contributed by atoms with E-state index in [9.17, 15) is 15.0 Å². The first-order valence-corrected chi connectivity index (χ1v) is 9.28. The van der Waals surface area contributed by atoms with Crippen molar-refractivity contribution >= 4 is 6.16 Å². The summed E-state index contributed by atoms with van der Waals surface area (Å²) in [5.41, 5.74) is 2.19. The molecule has 0 spiro atoms. The summed E-state index contributed by atoms with van der Waals surface area (Å²) in [7, 11) is 0. The minimum atomic E-state index is -0.930. The van der Waals surface area contributed by atoms with Gasteiger partial charge < -0.3 is 19.7 Å². The van der Waals surface area contributed by atoms with Crippen LogP contribution in [0, 0.1) is 0 Å². The maximum atomic E-state index is 12.5. The molecule has 0 aliphatic rings. The number of phenols is 2. The molecule has 0 amide bonds. The third kappa shape index (κ3) is 3.95. The van der Waals surface area contributed by atoms with Crippen molar-refractivity contribution in [1.82, 2.24) is 0 Å². The molecule has 0 saturated heterocycles. The van der Waals surface area contributed by atoms with Crippen LogP contribution in [0.3, 0.4) is 0 Å². The Bertz CT molecular complexity index is 1110. The van der Waals surface area contributed by atoms with E-state index in [-0.39, 0.29) is 23.0 Å². The second kappa shape index (κ2) is 8.41. The number of phenolic OH excluding ortho intramolecular Hbond substituents is 2. The zero-order valence-electron chi connectivity index (χ0n) is 15.9. The van der Waals surface area contributed by atoms with Gasteiger partial charge in [0.25, 0.3) is 0 Å². The molecule has 0 saturated carbocycles. The second-order valence-electron chi connectivity index (χ2n) is 6.48. The third-order valence-electron chi connectivity index (χ3n) is 4.55. The number of hydrogen-bond donors (Lipinski definition) is 2. The maximum absolute atomic E-state index is 12.5. The molecular formula is C25H18O5. The Morgan fingerprint density at radius 1 is 0.500 bits per heavy atom. The number of carbonyl (C=O) groups excluding carboxylic acids is 1. The average molecular weight is 398 g/mol. The molecule has 30 heavy (non-hydrogen) atoms. The topological polar surface area (TPSA) is 76.0 Å². The molecule has 5 heteroatoms. The lowest BCUT2D eigenvalue weighted by Gasteiger charge is -2.13. The first kappa shape index (κ1) is 19.1. The van der Waals surface area contributed by atoms with Gasteiger partial charge in [-0.1, -0.05) is 72.8 Å². The number of carbonyl (C=O) groups is 1. The minimum absolute atomic E-state index is 0.0758. The Morgan fingerprint density at radius 2 is 0.833 bits per heavy atom. The Balaban J connectivity index is 1.61. The van der Waals surface area contributed by atoms with Crippen LogP contribution in [0.25, 0.3) is 22.3 Å². The third-order valence-corrected chi connectivity index (χ3v) is 4.55. The summed E-state index contributed by atoms with van der Waals surface area (Å²) < 4.78 is 10.9. The van der Waals surface area contributed by atoms with E-state index in [0.29, 0.717) is 22.3 Å². The number of aromatic hydroxyl groups is 2. The van der Waals surface area contributed by atoms with E-state index < -0.39 is 6.16 Å². The molecular weight excluding hydrogens is 380 g/mol. The van der Waals surface area contributed by atoms with Crippen LogP contribution < -0.4 is 9.47 Å². The predicted octanol–water partition coefficient (Wildman–Crippen LogP) is 6.01. The monoisotopic (exact) mass is 398 g/mol. The predicted molar refractivity (Wildman–Crippen MR) is 114 cm³/mol. The molecule has 4 aromatic carbocycles. The quantitative estimate of drug-likeness (QED) is 0.325. The van der Waals surface area contributed by atoms with E-state index in [1.54, 1.807) is 97.1 Å². The summed E-state index contributed by atoms with van der Waals surface area (Å²) >= 11 is 0. The Kier molecular flexibility index (Phi) is 5.35. The van der Waals surface area contributed by atoms with Crippen molar-refractivity contribution in [3.05, 3.63) is 97.1 Å². The molecule has 0 aromatic heterocycles. The van der Waals surface area contributed by atoms with Crippen molar-refractivity contribution in [2.75, 3.05) is 0 Å². The molecule has 0 fully saturated rings. The minimum Gasteiger partial charge on any atom is -0.507 e. The van der Waals surface area contributed by atoms with Gasteiger partial charge in [0.05, 0.1) is 0 Å². The molecule has 0 aliphatic carbocycles. The molecule has 0 atom stereocenters. The summed E-state index contributed by atoms with van der Waals surface area (Å²) in [5, 5.41) is 20.3. The molecule has 0 aliphatic heterocycles. The summed E-state index contributed by atoms with van der Waals surface area (Å²) in [6, 6.07) is 27.3. The van der Waals surface area contributed by atoms with Gasteiger partial charge in [0.2, 0.25) is 0 Å². The largest absolute Gasteiger partial charge is 0.519 e. The smallest absolute Gasteiger partial charge is 0.507 e. The van der Waals surface area contributed by atoms with Crippen molar-refractivity contribution in [1.29, 1.82) is 0 Å². The van der Waals surface area contributed by atoms with Crippen LogP contribution in [-0.4, -0.2) is 16.4 Å². The van der Waals surface area contributed by atoms with Gasteiger partial charge >= 0.3 is 6.16 Å². The van der Waals surface area contributed by atoms with Crippen LogP contribution >= 0.6 is 0 Å². The normalized spacial score (nSPS) is 10.4. The van der Waals surface area contributed by atoms with Crippen LogP contribution in [0.5, 0.6) is 23.0 Å². The van der Waals surface area contributed by atoms with E-state index in [1.807, 2.05) is 0 Å². The van der Waals surface area contributed by atoms with Gasteiger partial charge in [-0.15, -0.1) is 0 Å². The molecule has 0 bridgehead atoms. The Labute approximate surface area is 173 Å². The average Bonchev–Trinajstić information content (AvgIpc) is 2.76. The highest BCUT2D eigenvalue weighted by atomic mass is 16.7. The lowest BCUT2D eigenvalue weighted by atomic mass is 10.0. The van der Waals surface area contributed by atoms with E-state index in [4.69, 9.17) is 9.47 Å². The second-order valence-corrected chi connectivity index (χ2v) is 6.48. The fourth-order valence-corrected chi connectivity index (χ4v) is 3.16. The van der Waals surface area contributed by atoms with Crippen molar-refractivity contribution in [3.63, 3.8) is 0 Å². The highest BCUT2D eigenvalue weighted by molar-refractivity contribution is 5.81. The van der Waals surface area contributed by atoms with Crippen molar-refractivity contribution < 1.29 is 24.5 Å². The molecule has 4 rings (SSSR count). The molecule has 148 valence electrons. The highest BCUT2D eigenvalue weighted by Crippen LogP contribution is 2.37. The van der Waals surface area contributed by atoms with E-state index in [2.05, 4.69) is 0 Å². The Hall–Kier alpha value is -4.25. The number of rotatable bonds is 4. The summed E-state index contributed by atoms with van der Waals surface area (Å²) in [6.07, 6.45) is -0.930. The van der Waals surface area contributed by atoms with Gasteiger partial charge in [0.1, 0.15) is 23.0 Å². The van der Waals surface area contributed by atoms with Crippen LogP contribution in [0.4, 0.5) is 4.79 Å². The number of benzene rings is 4. The molecule has 0 unspecified atom stereocenters. The van der Waals surface area contributed by atoms with Crippen molar-refractivity contribution in [3.8, 4) is 45.3 Å². The molecule has 5 nitrogen and oxygen atoms in total. The lowest BCUT2D eigenvalue weighted by Crippen LogP contribution is -2.14. The van der Waals surface area contributed by atoms with Crippen LogP contribution in [0.1, 0.15) is 0 Å². The van der Waals surface area contributed by atoms with Gasteiger partial charge in [0.15, 0.2) is 0 Å². The summed E-state index contributed by atoms with van der Waals surface area (Å²) in [6.45, 7) is 0. The van der Waals surface area contributed by atoms with Crippen LogP contribution in [0.15, 0.2) is 97.1 Å². The summed E-state index contributed by atoms with van der Waals surface area (Å²) in [5.74, 6) is 0.659. The van der Waals surface area contributed by atoms with Gasteiger partial charge in [-0.25, -0.2) is 4.79 Å². The van der Waals surface area contributed by atoms with E-state index in [0.717, 1.165) is 0 Å². The molecule has 0 heterocycles. The number of hydrogen-bond acceptors (Lipinski definition) is 5. The number of ether oxygens (including phenoxy) is 2. The highest BCUT2D eigenvalue weighted by Gasteiger charge is 2.17. The lowest BCUT2D eigenvalue weighted by molar-refractivity contribution is 0.152. The van der Waals surface area contributed by atoms with E-state index >= 15 is 0 Å². The van der Waals surface area contributed by atoms with Crippen LogP contribution in [0.2, 0.25) is 0 Å². The SMILES string of the molecule is O=C(Oc1ccccc1-c1ccccc1O)Oc1ccccc1-c1ccccc1O. The van der Waals surface area contributed by atoms with Gasteiger partial charge in [-0.3, -0.25) is 0 Å². The fraction of sp³-hybridized carbons (Fsp3) is 0. The van der Waals surface area contributed by atoms with Crippen LogP contribution in [-0.2, 0) is 0 Å². The van der Waals surface area contributed by atoms with Gasteiger partial charge in [0, 0.05) is 22.3 Å². The molecule has 2 N–H and O–H groups in total. The Morgan fingerprint density at radius 3 is 1.23 bits per heavy atom. The zero-order chi connectivity index (χ0) is 20.9. The van der Waals surface area contributed by atoms with E-state index in [1.165, 1.54) is 0 Å². The fourth-order valence-electron chi connectivity index (χ4n) is 3.16. The van der Waals surface area contributed by atoms with Gasteiger partial charge in [-0.2, -0.15) is 0 Å². The standard InChI is InChI=1S/C25H18O5/c26-21-13-5-1-9-17(21)19-11-3-7-15-23(19)29-25(28)30-24-16-8-4-12-20(24)18-10-2-6-14-22(18)27/h1-16,26-27H. The van der Waals surface area contributed by atoms with Crippen molar-refractivity contribution in [2.45, 2.75) is 0 Å².